The summed E-state index contributed by atoms with van der Waals surface area (Å²) < 4.78 is 38.8. The number of hydrogen-bond acceptors (Lipinski definition) is 2. The normalized spacial score (nSPS) is 17.8. The van der Waals surface area contributed by atoms with Crippen LogP contribution in [0, 0.1) is 0 Å². The van der Waals surface area contributed by atoms with Crippen LogP contribution >= 0.6 is 0 Å². The van der Waals surface area contributed by atoms with Crippen LogP contribution in [0.5, 0.6) is 0 Å². The van der Waals surface area contributed by atoms with Gasteiger partial charge in [-0.15, -0.1) is 0 Å². The van der Waals surface area contributed by atoms with Gasteiger partial charge >= 0.3 is 6.18 Å². The summed E-state index contributed by atoms with van der Waals surface area (Å²) in [6.07, 6.45) is -4.32. The van der Waals surface area contributed by atoms with E-state index in [4.69, 9.17) is 0 Å². The molecule has 0 amide bonds. The molecule has 0 aliphatic carbocycles. The Bertz CT molecular complexity index is 597. The van der Waals surface area contributed by atoms with Crippen molar-refractivity contribution in [1.29, 1.82) is 0 Å². The minimum atomic E-state index is -4.32. The maximum absolute atomic E-state index is 12.9. The number of aromatic amines is 1. The highest BCUT2D eigenvalue weighted by Crippen LogP contribution is 2.34. The van der Waals surface area contributed by atoms with Gasteiger partial charge in [-0.1, -0.05) is 12.1 Å². The van der Waals surface area contributed by atoms with Crippen LogP contribution in [-0.2, 0) is 12.7 Å². The van der Waals surface area contributed by atoms with Gasteiger partial charge in [0, 0.05) is 43.8 Å². The summed E-state index contributed by atoms with van der Waals surface area (Å²) in [5.74, 6) is 0. The molecule has 108 valence electrons. The van der Waals surface area contributed by atoms with E-state index in [1.807, 2.05) is 6.07 Å². The molecule has 0 atom stereocenters. The van der Waals surface area contributed by atoms with Crippen molar-refractivity contribution in [2.75, 3.05) is 26.2 Å². The molecule has 1 saturated heterocycles. The van der Waals surface area contributed by atoms with Crippen LogP contribution in [0.1, 0.15) is 11.3 Å². The lowest BCUT2D eigenvalue weighted by molar-refractivity contribution is -0.136. The Morgan fingerprint density at radius 2 is 1.90 bits per heavy atom. The number of nitrogens with one attached hydrogen (secondary N) is 2. The third-order valence-electron chi connectivity index (χ3n) is 3.62. The van der Waals surface area contributed by atoms with Crippen LogP contribution in [0.15, 0.2) is 24.3 Å². The molecule has 0 bridgehead atoms. The Morgan fingerprint density at radius 1 is 1.15 bits per heavy atom. The minimum absolute atomic E-state index is 0.185. The summed E-state index contributed by atoms with van der Waals surface area (Å²) in [5, 5.41) is 3.87. The topological polar surface area (TPSA) is 31.1 Å². The van der Waals surface area contributed by atoms with Crippen molar-refractivity contribution in [3.05, 3.63) is 35.5 Å². The van der Waals surface area contributed by atoms with Crippen LogP contribution in [0.25, 0.3) is 10.9 Å². The average molecular weight is 283 g/mol. The molecule has 1 aliphatic rings. The zero-order chi connectivity index (χ0) is 14.2. The fraction of sp³-hybridized carbons (Fsp3) is 0.429. The van der Waals surface area contributed by atoms with E-state index in [0.29, 0.717) is 11.9 Å². The molecular weight excluding hydrogens is 267 g/mol. The van der Waals surface area contributed by atoms with E-state index in [2.05, 4.69) is 15.2 Å². The van der Waals surface area contributed by atoms with Crippen LogP contribution in [-0.4, -0.2) is 36.1 Å². The van der Waals surface area contributed by atoms with Crippen LogP contribution < -0.4 is 5.32 Å². The van der Waals surface area contributed by atoms with Gasteiger partial charge in [0.15, 0.2) is 0 Å². The fourth-order valence-corrected chi connectivity index (χ4v) is 2.65. The molecule has 2 aromatic rings. The maximum atomic E-state index is 12.9. The Balaban J connectivity index is 1.90. The highest BCUT2D eigenvalue weighted by Gasteiger charge is 2.33. The number of halogens is 3. The second-order valence-electron chi connectivity index (χ2n) is 5.09. The van der Waals surface area contributed by atoms with Crippen molar-refractivity contribution < 1.29 is 13.2 Å². The van der Waals surface area contributed by atoms with E-state index >= 15 is 0 Å². The Morgan fingerprint density at radius 3 is 2.60 bits per heavy atom. The van der Waals surface area contributed by atoms with Crippen molar-refractivity contribution >= 4 is 10.9 Å². The highest BCUT2D eigenvalue weighted by atomic mass is 19.4. The van der Waals surface area contributed by atoms with Crippen molar-refractivity contribution in [3.8, 4) is 0 Å². The number of benzene rings is 1. The standard InChI is InChI=1S/C14H16F3N3/c15-14(16,17)12-3-1-2-10-8-11(19-13(10)12)9-20-6-4-18-5-7-20/h1-3,8,18-19H,4-7,9H2. The SMILES string of the molecule is FC(F)(F)c1cccc2cc(CN3CCNCC3)[nH]c12. The number of rotatable bonds is 2. The monoisotopic (exact) mass is 283 g/mol. The molecule has 2 heterocycles. The van der Waals surface area contributed by atoms with Crippen molar-refractivity contribution in [2.45, 2.75) is 12.7 Å². The van der Waals surface area contributed by atoms with E-state index in [9.17, 15) is 13.2 Å². The average Bonchev–Trinajstić information content (AvgIpc) is 2.80. The number of para-hydroxylation sites is 1. The van der Waals surface area contributed by atoms with Gasteiger partial charge in [0.1, 0.15) is 0 Å². The largest absolute Gasteiger partial charge is 0.418 e. The van der Waals surface area contributed by atoms with Crippen molar-refractivity contribution in [1.82, 2.24) is 15.2 Å². The molecule has 1 fully saturated rings. The molecule has 0 radical (unpaired) electrons. The molecule has 1 aliphatic heterocycles. The summed E-state index contributed by atoms with van der Waals surface area (Å²) >= 11 is 0. The van der Waals surface area contributed by atoms with Crippen molar-refractivity contribution in [2.24, 2.45) is 0 Å². The number of hydrogen-bond donors (Lipinski definition) is 2. The number of nitrogens with zero attached hydrogens (tertiary/aromatic N) is 1. The molecule has 3 rings (SSSR count). The highest BCUT2D eigenvalue weighted by molar-refractivity contribution is 5.84. The van der Waals surface area contributed by atoms with Gasteiger partial charge in [-0.25, -0.2) is 0 Å². The smallest absolute Gasteiger partial charge is 0.357 e. The Labute approximate surface area is 114 Å². The Hall–Kier alpha value is -1.53. The van der Waals surface area contributed by atoms with Gasteiger partial charge in [-0.2, -0.15) is 13.2 Å². The molecule has 0 saturated carbocycles. The van der Waals surface area contributed by atoms with Gasteiger partial charge < -0.3 is 10.3 Å². The van der Waals surface area contributed by atoms with Crippen LogP contribution in [0.4, 0.5) is 13.2 Å². The first-order valence-corrected chi connectivity index (χ1v) is 6.65. The molecular formula is C14H16F3N3. The summed E-state index contributed by atoms with van der Waals surface area (Å²) in [6.45, 7) is 4.35. The lowest BCUT2D eigenvalue weighted by Crippen LogP contribution is -2.42. The van der Waals surface area contributed by atoms with E-state index in [1.54, 1.807) is 6.07 Å². The summed E-state index contributed by atoms with van der Waals surface area (Å²) in [7, 11) is 0. The molecule has 2 N–H and O–H groups in total. The fourth-order valence-electron chi connectivity index (χ4n) is 2.65. The molecule has 1 aromatic heterocycles. The Kier molecular flexibility index (Phi) is 3.43. The number of aromatic nitrogens is 1. The second kappa shape index (κ2) is 5.10. The first-order valence-electron chi connectivity index (χ1n) is 6.65. The predicted octanol–water partition coefficient (Wildman–Crippen LogP) is 2.59. The van der Waals surface area contributed by atoms with Gasteiger partial charge in [0.2, 0.25) is 0 Å². The second-order valence-corrected chi connectivity index (χ2v) is 5.09. The van der Waals surface area contributed by atoms with E-state index in [-0.39, 0.29) is 5.52 Å². The first-order chi connectivity index (χ1) is 9.54. The number of H-pyrrole nitrogens is 1. The molecule has 0 unspecified atom stereocenters. The van der Waals surface area contributed by atoms with E-state index < -0.39 is 11.7 Å². The minimum Gasteiger partial charge on any atom is -0.357 e. The summed E-state index contributed by atoms with van der Waals surface area (Å²) in [6, 6.07) is 6.09. The summed E-state index contributed by atoms with van der Waals surface area (Å²) in [4.78, 5) is 5.17. The predicted molar refractivity (Wildman–Crippen MR) is 71.4 cm³/mol. The van der Waals surface area contributed by atoms with Crippen molar-refractivity contribution in [3.63, 3.8) is 0 Å². The van der Waals surface area contributed by atoms with Gasteiger partial charge in [-0.3, -0.25) is 4.90 Å². The molecule has 0 spiro atoms. The third-order valence-corrected chi connectivity index (χ3v) is 3.62. The van der Waals surface area contributed by atoms with Gasteiger partial charge in [-0.05, 0) is 12.1 Å². The lowest BCUT2D eigenvalue weighted by atomic mass is 10.1. The number of fused-ring (bicyclic) bond motifs is 1. The quantitative estimate of drug-likeness (QED) is 0.887. The van der Waals surface area contributed by atoms with E-state index in [0.717, 1.165) is 37.9 Å². The number of alkyl halides is 3. The lowest BCUT2D eigenvalue weighted by Gasteiger charge is -2.26. The van der Waals surface area contributed by atoms with Gasteiger partial charge in [0.25, 0.3) is 0 Å². The summed E-state index contributed by atoms with van der Waals surface area (Å²) in [5.41, 5.74) is 0.422. The zero-order valence-corrected chi connectivity index (χ0v) is 10.9. The number of piperazine rings is 1. The molecule has 3 nitrogen and oxygen atoms in total. The van der Waals surface area contributed by atoms with Crippen LogP contribution in [0.3, 0.4) is 0 Å². The maximum Gasteiger partial charge on any atom is 0.418 e. The third kappa shape index (κ3) is 2.66. The molecule has 6 heteroatoms. The van der Waals surface area contributed by atoms with Gasteiger partial charge in [0.05, 0.1) is 11.1 Å². The van der Waals surface area contributed by atoms with E-state index in [1.165, 1.54) is 6.07 Å². The molecule has 20 heavy (non-hydrogen) atoms. The zero-order valence-electron chi connectivity index (χ0n) is 10.9. The first kappa shape index (κ1) is 13.5. The van der Waals surface area contributed by atoms with Crippen LogP contribution in [0.2, 0.25) is 0 Å². The molecule has 1 aromatic carbocycles.